The second kappa shape index (κ2) is 3.86. The van der Waals surface area contributed by atoms with Crippen LogP contribution in [0, 0.1) is 12.3 Å². The van der Waals surface area contributed by atoms with Crippen LogP contribution >= 0.6 is 11.8 Å². The number of thioether (sulfide) groups is 1. The molecular weight excluding hydrogens is 208 g/mol. The van der Waals surface area contributed by atoms with Gasteiger partial charge in [-0.25, -0.2) is 9.97 Å². The maximum absolute atomic E-state index is 7.21. The van der Waals surface area contributed by atoms with Crippen molar-refractivity contribution in [3.8, 4) is 0 Å². The van der Waals surface area contributed by atoms with Gasteiger partial charge < -0.3 is 5.73 Å². The summed E-state index contributed by atoms with van der Waals surface area (Å²) in [6, 6.07) is 7.65. The first kappa shape index (κ1) is 9.92. The molecule has 4 nitrogen and oxygen atoms in total. The van der Waals surface area contributed by atoms with Gasteiger partial charge in [0.2, 0.25) is 0 Å². The number of rotatable bonds is 1. The zero-order valence-electron chi connectivity index (χ0n) is 8.19. The van der Waals surface area contributed by atoms with Crippen LogP contribution in [0.1, 0.15) is 5.69 Å². The molecule has 1 heterocycles. The summed E-state index contributed by atoms with van der Waals surface area (Å²) in [6.07, 6.45) is 0. The number of nitrogens with zero attached hydrogens (tertiary/aromatic N) is 2. The Kier molecular flexibility index (Phi) is 2.55. The van der Waals surface area contributed by atoms with E-state index in [1.54, 1.807) is 0 Å². The third-order valence-corrected chi connectivity index (χ3v) is 2.71. The number of nitrogens with one attached hydrogen (secondary N) is 1. The molecule has 0 aliphatic rings. The number of hydrogen-bond donors (Lipinski definition) is 2. The Bertz CT molecular complexity index is 524. The molecule has 0 spiro atoms. The highest BCUT2D eigenvalue weighted by Crippen LogP contribution is 2.20. The molecule has 1 aromatic carbocycles. The Labute approximate surface area is 91.4 Å². The number of benzene rings is 1. The Morgan fingerprint density at radius 3 is 2.47 bits per heavy atom. The Balaban J connectivity index is 2.56. The number of nitrogens with two attached hydrogens (primary N) is 1. The summed E-state index contributed by atoms with van der Waals surface area (Å²) in [5.41, 5.74) is 7.81. The highest BCUT2D eigenvalue weighted by Gasteiger charge is 2.06. The van der Waals surface area contributed by atoms with E-state index in [1.165, 1.54) is 0 Å². The molecule has 0 atom stereocenters. The summed E-state index contributed by atoms with van der Waals surface area (Å²) < 4.78 is 0. The average molecular weight is 218 g/mol. The van der Waals surface area contributed by atoms with E-state index in [1.807, 2.05) is 31.2 Å². The van der Waals surface area contributed by atoms with Crippen molar-refractivity contribution in [3.63, 3.8) is 0 Å². The smallest absolute Gasteiger partial charge is 0.157 e. The van der Waals surface area contributed by atoms with Crippen LogP contribution < -0.4 is 5.73 Å². The molecule has 1 aromatic heterocycles. The van der Waals surface area contributed by atoms with Crippen LogP contribution in [0.4, 0.5) is 0 Å². The third-order valence-electron chi connectivity index (χ3n) is 1.91. The van der Waals surface area contributed by atoms with Gasteiger partial charge in [-0.1, -0.05) is 12.1 Å². The third kappa shape index (κ3) is 2.07. The first-order chi connectivity index (χ1) is 7.16. The highest BCUT2D eigenvalue weighted by atomic mass is 32.2. The lowest BCUT2D eigenvalue weighted by molar-refractivity contribution is 1.04. The fraction of sp³-hybridized carbons (Fsp3) is 0.100. The van der Waals surface area contributed by atoms with Gasteiger partial charge in [0, 0.05) is 0 Å². The Hall–Kier alpha value is -1.62. The van der Waals surface area contributed by atoms with Gasteiger partial charge in [-0.3, -0.25) is 5.41 Å². The Morgan fingerprint density at radius 1 is 1.27 bits per heavy atom. The van der Waals surface area contributed by atoms with Crippen LogP contribution in [0.3, 0.4) is 0 Å². The minimum Gasteiger partial charge on any atom is -0.378 e. The lowest BCUT2D eigenvalue weighted by atomic mass is 10.3. The minimum absolute atomic E-state index is 0.0303. The van der Waals surface area contributed by atoms with Crippen molar-refractivity contribution in [1.29, 1.82) is 5.41 Å². The van der Waals surface area contributed by atoms with E-state index in [0.29, 0.717) is 5.03 Å². The fourth-order valence-electron chi connectivity index (χ4n) is 1.27. The van der Waals surface area contributed by atoms with Crippen molar-refractivity contribution < 1.29 is 0 Å². The van der Waals surface area contributed by atoms with E-state index < -0.39 is 0 Å². The molecule has 0 radical (unpaired) electrons. The Morgan fingerprint density at radius 2 is 1.87 bits per heavy atom. The van der Waals surface area contributed by atoms with E-state index in [2.05, 4.69) is 9.97 Å². The normalized spacial score (nSPS) is 10.5. The quantitative estimate of drug-likeness (QED) is 0.435. The first-order valence-corrected chi connectivity index (χ1v) is 5.24. The van der Waals surface area contributed by atoms with Crippen molar-refractivity contribution in [3.05, 3.63) is 30.0 Å². The van der Waals surface area contributed by atoms with Crippen molar-refractivity contribution in [1.82, 2.24) is 9.97 Å². The van der Waals surface area contributed by atoms with E-state index in [4.69, 9.17) is 11.1 Å². The van der Waals surface area contributed by atoms with Gasteiger partial charge in [-0.2, -0.15) is 0 Å². The monoisotopic (exact) mass is 218 g/mol. The summed E-state index contributed by atoms with van der Waals surface area (Å²) in [5, 5.41) is 7.94. The van der Waals surface area contributed by atoms with Gasteiger partial charge in [-0.05, 0) is 30.8 Å². The number of amidine groups is 1. The highest BCUT2D eigenvalue weighted by molar-refractivity contribution is 8.13. The second-order valence-electron chi connectivity index (χ2n) is 3.07. The lowest BCUT2D eigenvalue weighted by Gasteiger charge is -2.04. The molecule has 2 aromatic rings. The first-order valence-electron chi connectivity index (χ1n) is 4.42. The molecule has 0 saturated heterocycles. The van der Waals surface area contributed by atoms with Crippen LogP contribution in [-0.4, -0.2) is 15.1 Å². The SMILES string of the molecule is Cc1nc2ccccc2nc1SC(=N)N. The lowest BCUT2D eigenvalue weighted by Crippen LogP contribution is -2.05. The molecule has 15 heavy (non-hydrogen) atoms. The molecule has 3 N–H and O–H groups in total. The standard InChI is InChI=1S/C10H10N4S/c1-6-9(15-10(11)12)14-8-5-3-2-4-7(8)13-6/h2-5H,1H3,(H3,11,12). The molecule has 0 aliphatic carbocycles. The second-order valence-corrected chi connectivity index (χ2v) is 4.10. The van der Waals surface area contributed by atoms with Gasteiger partial charge in [-0.15, -0.1) is 0 Å². The maximum atomic E-state index is 7.21. The van der Waals surface area contributed by atoms with Gasteiger partial charge in [0.1, 0.15) is 5.03 Å². The van der Waals surface area contributed by atoms with Crippen LogP contribution in [0.2, 0.25) is 0 Å². The van der Waals surface area contributed by atoms with Crippen molar-refractivity contribution in [2.75, 3.05) is 0 Å². The number of aromatic nitrogens is 2. The number of para-hydroxylation sites is 2. The van der Waals surface area contributed by atoms with Crippen LogP contribution in [0.15, 0.2) is 29.3 Å². The molecular formula is C10H10N4S. The topological polar surface area (TPSA) is 75.7 Å². The van der Waals surface area contributed by atoms with Crippen LogP contribution in [-0.2, 0) is 0 Å². The average Bonchev–Trinajstić information content (AvgIpc) is 2.18. The van der Waals surface area contributed by atoms with Crippen LogP contribution in [0.5, 0.6) is 0 Å². The van der Waals surface area contributed by atoms with Crippen LogP contribution in [0.25, 0.3) is 11.0 Å². The van der Waals surface area contributed by atoms with E-state index >= 15 is 0 Å². The van der Waals surface area contributed by atoms with Gasteiger partial charge in [0.25, 0.3) is 0 Å². The maximum Gasteiger partial charge on any atom is 0.157 e. The van der Waals surface area contributed by atoms with E-state index in [-0.39, 0.29) is 5.17 Å². The zero-order chi connectivity index (χ0) is 10.8. The van der Waals surface area contributed by atoms with Gasteiger partial charge in [0.05, 0.1) is 16.7 Å². The molecule has 76 valence electrons. The van der Waals surface area contributed by atoms with E-state index in [9.17, 15) is 0 Å². The minimum atomic E-state index is 0.0303. The number of fused-ring (bicyclic) bond motifs is 1. The van der Waals surface area contributed by atoms with Gasteiger partial charge in [0.15, 0.2) is 5.17 Å². The summed E-state index contributed by atoms with van der Waals surface area (Å²) in [7, 11) is 0. The molecule has 0 bridgehead atoms. The number of aryl methyl sites for hydroxylation is 1. The van der Waals surface area contributed by atoms with Crippen molar-refractivity contribution in [2.24, 2.45) is 5.73 Å². The van der Waals surface area contributed by atoms with Crippen molar-refractivity contribution in [2.45, 2.75) is 11.9 Å². The fourth-order valence-corrected chi connectivity index (χ4v) is 1.82. The molecule has 0 fully saturated rings. The van der Waals surface area contributed by atoms with Crippen molar-refractivity contribution >= 4 is 28.0 Å². The van der Waals surface area contributed by atoms with E-state index in [0.717, 1.165) is 28.5 Å². The molecule has 0 saturated carbocycles. The molecule has 0 unspecified atom stereocenters. The summed E-state index contributed by atoms with van der Waals surface area (Å²) >= 11 is 1.13. The zero-order valence-corrected chi connectivity index (χ0v) is 9.01. The predicted octanol–water partition coefficient (Wildman–Crippen LogP) is 1.92. The number of hydrogen-bond acceptors (Lipinski definition) is 4. The van der Waals surface area contributed by atoms with Gasteiger partial charge >= 0.3 is 0 Å². The molecule has 0 aliphatic heterocycles. The molecule has 2 rings (SSSR count). The molecule has 0 amide bonds. The molecule has 5 heteroatoms. The largest absolute Gasteiger partial charge is 0.378 e. The summed E-state index contributed by atoms with van der Waals surface area (Å²) in [4.78, 5) is 8.79. The predicted molar refractivity (Wildman–Crippen MR) is 62.0 cm³/mol. The summed E-state index contributed by atoms with van der Waals surface area (Å²) in [6.45, 7) is 1.87. The summed E-state index contributed by atoms with van der Waals surface area (Å²) in [5.74, 6) is 0.